The number of aryl methyl sites for hydroxylation is 2. The van der Waals surface area contributed by atoms with Crippen molar-refractivity contribution in [3.8, 4) is 17.2 Å². The number of ether oxygens (including phenoxy) is 3. The van der Waals surface area contributed by atoms with Gasteiger partial charge in [0.15, 0.2) is 23.1 Å². The Balaban J connectivity index is 0.000000682. The zero-order chi connectivity index (χ0) is 35.6. The average molecular weight is 647 g/mol. The van der Waals surface area contributed by atoms with Crippen LogP contribution >= 0.6 is 0 Å². The molecule has 0 aromatic heterocycles. The Morgan fingerprint density at radius 2 is 1.50 bits per heavy atom. The van der Waals surface area contributed by atoms with Gasteiger partial charge in [-0.2, -0.15) is 0 Å². The lowest BCUT2D eigenvalue weighted by atomic mass is 9.83. The number of nitrogens with zero attached hydrogens (tertiary/aromatic N) is 1. The molecule has 2 N–H and O–H groups in total. The van der Waals surface area contributed by atoms with Crippen LogP contribution in [-0.4, -0.2) is 67.4 Å². The molecular weight excluding hydrogens is 587 g/mol. The van der Waals surface area contributed by atoms with E-state index in [9.17, 15) is 14.0 Å². The van der Waals surface area contributed by atoms with Gasteiger partial charge < -0.3 is 29.6 Å². The summed E-state index contributed by atoms with van der Waals surface area (Å²) < 4.78 is 30.6. The lowest BCUT2D eigenvalue weighted by Crippen LogP contribution is -2.34. The number of carbonyl (C=O) groups is 2. The van der Waals surface area contributed by atoms with Crippen LogP contribution in [0.15, 0.2) is 18.2 Å². The molecule has 8 nitrogen and oxygen atoms in total. The number of hydrogen-bond acceptors (Lipinski definition) is 7. The second-order valence-electron chi connectivity index (χ2n) is 11.8. The first-order chi connectivity index (χ1) is 21.6. The van der Waals surface area contributed by atoms with Crippen molar-refractivity contribution in [1.82, 2.24) is 4.90 Å². The summed E-state index contributed by atoms with van der Waals surface area (Å²) in [4.78, 5) is 24.5. The van der Waals surface area contributed by atoms with Crippen LogP contribution in [-0.2, 0) is 16.6 Å². The summed E-state index contributed by atoms with van der Waals surface area (Å²) >= 11 is 0. The van der Waals surface area contributed by atoms with Crippen LogP contribution in [0, 0.1) is 18.2 Å². The van der Waals surface area contributed by atoms with Crippen molar-refractivity contribution >= 4 is 17.4 Å². The number of aliphatic hydroxyl groups excluding tert-OH is 1. The van der Waals surface area contributed by atoms with E-state index in [1.54, 1.807) is 31.9 Å². The van der Waals surface area contributed by atoms with Crippen molar-refractivity contribution < 1.29 is 33.3 Å². The van der Waals surface area contributed by atoms with Crippen molar-refractivity contribution in [2.45, 2.75) is 107 Å². The van der Waals surface area contributed by atoms with Crippen LogP contribution in [0.1, 0.15) is 121 Å². The second kappa shape index (κ2) is 21.4. The van der Waals surface area contributed by atoms with Gasteiger partial charge in [0, 0.05) is 41.9 Å². The number of Topliss-reactive ketones (excluding diaryl/α,β-unsaturated/α-hetero) is 1. The number of rotatable bonds is 14. The van der Waals surface area contributed by atoms with Crippen LogP contribution < -0.4 is 14.2 Å². The fraction of sp³-hybridized carbons (Fsp3) is 0.595. The number of aliphatic hydroxyl groups is 1. The van der Waals surface area contributed by atoms with E-state index in [0.717, 1.165) is 53.9 Å². The molecule has 260 valence electrons. The molecule has 46 heavy (non-hydrogen) atoms. The Morgan fingerprint density at radius 3 is 1.89 bits per heavy atom. The molecule has 2 aromatic carbocycles. The average Bonchev–Trinajstić information content (AvgIpc) is 3.01. The maximum Gasteiger partial charge on any atom is 0.248 e. The van der Waals surface area contributed by atoms with Gasteiger partial charge >= 0.3 is 0 Å². The molecule has 0 saturated carbocycles. The first-order valence-electron chi connectivity index (χ1n) is 16.4. The highest BCUT2D eigenvalue weighted by Crippen LogP contribution is 2.36. The highest BCUT2D eigenvalue weighted by Gasteiger charge is 2.23. The molecule has 0 spiro atoms. The molecule has 9 heteroatoms. The largest absolute Gasteiger partial charge is 0.496 e. The number of methoxy groups -OCH3 is 1. The zero-order valence-corrected chi connectivity index (χ0v) is 30.4. The molecule has 2 aromatic rings. The molecule has 0 radical (unpaired) electrons. The molecule has 0 aliphatic rings. The minimum absolute atomic E-state index is 0.0276. The number of nitrogens with one attached hydrogen (secondary N) is 1. The predicted molar refractivity (Wildman–Crippen MR) is 186 cm³/mol. The first kappa shape index (κ1) is 42.5. The molecule has 0 fully saturated rings. The monoisotopic (exact) mass is 646 g/mol. The molecule has 0 aliphatic carbocycles. The van der Waals surface area contributed by atoms with Gasteiger partial charge in [-0.1, -0.05) is 48.5 Å². The smallest absolute Gasteiger partial charge is 0.248 e. The van der Waals surface area contributed by atoms with Gasteiger partial charge in [0.25, 0.3) is 0 Å². The Bertz CT molecular complexity index is 1260. The van der Waals surface area contributed by atoms with Crippen LogP contribution in [0.4, 0.5) is 4.39 Å². The maximum absolute atomic E-state index is 14.4. The summed E-state index contributed by atoms with van der Waals surface area (Å²) in [5, 5.41) is 16.3. The quantitative estimate of drug-likeness (QED) is 0.159. The normalized spacial score (nSPS) is 10.6. The van der Waals surface area contributed by atoms with E-state index < -0.39 is 5.82 Å². The van der Waals surface area contributed by atoms with Crippen molar-refractivity contribution in [2.75, 3.05) is 40.0 Å². The molecule has 0 saturated heterocycles. The number of amides is 1. The van der Waals surface area contributed by atoms with Crippen molar-refractivity contribution in [2.24, 2.45) is 0 Å². The fourth-order valence-electron chi connectivity index (χ4n) is 4.85. The van der Waals surface area contributed by atoms with Gasteiger partial charge in [0.2, 0.25) is 5.91 Å². The van der Waals surface area contributed by atoms with E-state index in [0.29, 0.717) is 37.4 Å². The first-order valence-corrected chi connectivity index (χ1v) is 16.4. The third kappa shape index (κ3) is 12.7. The van der Waals surface area contributed by atoms with Crippen LogP contribution in [0.3, 0.4) is 0 Å². The van der Waals surface area contributed by atoms with Crippen molar-refractivity contribution in [3.05, 3.63) is 51.8 Å². The summed E-state index contributed by atoms with van der Waals surface area (Å²) in [6.07, 6.45) is 3.09. The van der Waals surface area contributed by atoms with Gasteiger partial charge in [-0.05, 0) is 81.7 Å². The lowest BCUT2D eigenvalue weighted by Gasteiger charge is -2.24. The molecule has 0 heterocycles. The summed E-state index contributed by atoms with van der Waals surface area (Å²) in [7, 11) is 1.68. The molecule has 1 amide bonds. The standard InChI is InChI=1S/C15H22O2.C14H20FNO2.C8H17NO2/c1-7-13(16)11-8-10(2)14(17-6)12(9-11)15(3,4)5;1-5-10-8-11(17-6-2)14(18-7-3)13(15)12(10)9(4)16;1-3-5-9(6-4-2)8(11)7-10/h8-9H,7H2,1-6H3;8,16H,5-7H2,1-4H3;10H,3-7H2,1-2H3. The Kier molecular flexibility index (Phi) is 19.7. The summed E-state index contributed by atoms with van der Waals surface area (Å²) in [6.45, 7) is 23.4. The molecule has 0 bridgehead atoms. The third-order valence-electron chi connectivity index (χ3n) is 7.02. The zero-order valence-electron chi connectivity index (χ0n) is 30.4. The van der Waals surface area contributed by atoms with Gasteiger partial charge in [-0.15, -0.1) is 0 Å². The van der Waals surface area contributed by atoms with Crippen LogP contribution in [0.5, 0.6) is 17.2 Å². The van der Waals surface area contributed by atoms with Crippen LogP contribution in [0.25, 0.3) is 0 Å². The van der Waals surface area contributed by atoms with Gasteiger partial charge in [0.05, 0.1) is 20.3 Å². The number of ketones is 1. The van der Waals surface area contributed by atoms with E-state index in [1.165, 1.54) is 0 Å². The SMILES string of the molecule is CCC(=O)c1cc(C)c(OC)c(C(C)(C)C)c1.CCCN(CCC)C(=O)CO.CCOc1cc(CC)c(C(C)=N)c(F)c1OCC. The van der Waals surface area contributed by atoms with Crippen molar-refractivity contribution in [3.63, 3.8) is 0 Å². The molecule has 0 atom stereocenters. The van der Waals surface area contributed by atoms with Crippen LogP contribution in [0.2, 0.25) is 0 Å². The molecular formula is C37H59FN2O6. The van der Waals surface area contributed by atoms with E-state index in [2.05, 4.69) is 20.8 Å². The summed E-state index contributed by atoms with van der Waals surface area (Å²) in [6, 6.07) is 5.66. The Hall–Kier alpha value is -3.46. The number of benzene rings is 2. The van der Waals surface area contributed by atoms with E-state index >= 15 is 0 Å². The predicted octanol–water partition coefficient (Wildman–Crippen LogP) is 8.09. The topological polar surface area (TPSA) is 109 Å². The van der Waals surface area contributed by atoms with Gasteiger partial charge in [-0.3, -0.25) is 9.59 Å². The number of hydrogen-bond donors (Lipinski definition) is 2. The minimum Gasteiger partial charge on any atom is -0.496 e. The maximum atomic E-state index is 14.4. The number of halogens is 1. The summed E-state index contributed by atoms with van der Waals surface area (Å²) in [5.41, 5.74) is 4.18. The van der Waals surface area contributed by atoms with Crippen molar-refractivity contribution in [1.29, 1.82) is 5.41 Å². The molecule has 0 unspecified atom stereocenters. The summed E-state index contributed by atoms with van der Waals surface area (Å²) in [5.74, 6) is 0.948. The van der Waals surface area contributed by atoms with E-state index in [-0.39, 0.29) is 35.2 Å². The Labute approximate surface area is 277 Å². The van der Waals surface area contributed by atoms with E-state index in [1.807, 2.05) is 53.7 Å². The van der Waals surface area contributed by atoms with Gasteiger partial charge in [0.1, 0.15) is 12.4 Å². The Morgan fingerprint density at radius 1 is 0.935 bits per heavy atom. The molecule has 2 rings (SSSR count). The van der Waals surface area contributed by atoms with Gasteiger partial charge in [-0.25, -0.2) is 4.39 Å². The highest BCUT2D eigenvalue weighted by atomic mass is 19.1. The fourth-order valence-corrected chi connectivity index (χ4v) is 4.85. The third-order valence-corrected chi connectivity index (χ3v) is 7.02. The number of carbonyl (C=O) groups excluding carboxylic acids is 2. The van der Waals surface area contributed by atoms with E-state index in [4.69, 9.17) is 24.7 Å². The lowest BCUT2D eigenvalue weighted by molar-refractivity contribution is -0.134. The molecule has 0 aliphatic heterocycles. The highest BCUT2D eigenvalue weighted by molar-refractivity contribution is 5.98. The minimum atomic E-state index is -0.493. The second-order valence-corrected chi connectivity index (χ2v) is 11.8.